The first-order valence-corrected chi connectivity index (χ1v) is 10.1. The fourth-order valence-corrected chi connectivity index (χ4v) is 3.48. The molecule has 1 aliphatic rings. The zero-order chi connectivity index (χ0) is 21.1. The van der Waals surface area contributed by atoms with Crippen LogP contribution in [-0.4, -0.2) is 36.6 Å². The number of amides is 1. The summed E-state index contributed by atoms with van der Waals surface area (Å²) in [6, 6.07) is 16.8. The van der Waals surface area contributed by atoms with Gasteiger partial charge in [-0.25, -0.2) is 9.78 Å². The minimum atomic E-state index is -0.568. The second-order valence-electron chi connectivity index (χ2n) is 7.57. The molecule has 6 nitrogen and oxygen atoms in total. The number of hydrogen-bond donors (Lipinski definition) is 1. The average Bonchev–Trinajstić information content (AvgIpc) is 3.62. The van der Waals surface area contributed by atoms with Gasteiger partial charge in [0.25, 0.3) is 5.91 Å². The first-order chi connectivity index (χ1) is 14.5. The molecule has 1 amide bonds. The van der Waals surface area contributed by atoms with E-state index in [-0.39, 0.29) is 18.6 Å². The predicted molar refractivity (Wildman–Crippen MR) is 114 cm³/mol. The summed E-state index contributed by atoms with van der Waals surface area (Å²) in [6.07, 6.45) is 2.27. The fourth-order valence-electron chi connectivity index (χ4n) is 3.48. The molecular weight excluding hydrogens is 380 g/mol. The van der Waals surface area contributed by atoms with Gasteiger partial charge in [0.15, 0.2) is 6.61 Å². The van der Waals surface area contributed by atoms with Crippen molar-refractivity contribution in [1.82, 2.24) is 10.3 Å². The Balaban J connectivity index is 1.61. The number of aromatic nitrogens is 1. The molecule has 0 bridgehead atoms. The minimum absolute atomic E-state index is 0.104. The summed E-state index contributed by atoms with van der Waals surface area (Å²) in [5.74, 6) is 0.292. The number of fused-ring (bicyclic) bond motifs is 1. The molecule has 1 aliphatic carbocycles. The van der Waals surface area contributed by atoms with E-state index in [1.54, 1.807) is 31.4 Å². The van der Waals surface area contributed by atoms with Gasteiger partial charge < -0.3 is 14.8 Å². The second-order valence-corrected chi connectivity index (χ2v) is 7.57. The van der Waals surface area contributed by atoms with E-state index in [1.165, 1.54) is 0 Å². The van der Waals surface area contributed by atoms with Crippen molar-refractivity contribution >= 4 is 22.8 Å². The van der Waals surface area contributed by atoms with Crippen molar-refractivity contribution < 1.29 is 19.1 Å². The zero-order valence-electron chi connectivity index (χ0n) is 17.1. The molecule has 3 aromatic rings. The normalized spacial score (nSPS) is 14.2. The molecule has 1 atom stereocenters. The van der Waals surface area contributed by atoms with E-state index < -0.39 is 5.97 Å². The van der Waals surface area contributed by atoms with E-state index in [1.807, 2.05) is 37.3 Å². The number of pyridine rings is 1. The van der Waals surface area contributed by atoms with Gasteiger partial charge in [0.2, 0.25) is 0 Å². The van der Waals surface area contributed by atoms with Crippen LogP contribution in [0, 0.1) is 5.92 Å². The summed E-state index contributed by atoms with van der Waals surface area (Å²) in [6.45, 7) is 1.66. The van der Waals surface area contributed by atoms with E-state index in [0.717, 1.165) is 18.4 Å². The highest BCUT2D eigenvalue weighted by molar-refractivity contribution is 6.05. The lowest BCUT2D eigenvalue weighted by atomic mass is 10.0. The first-order valence-electron chi connectivity index (χ1n) is 10.1. The molecule has 1 heterocycles. The van der Waals surface area contributed by atoms with Crippen LogP contribution < -0.4 is 10.1 Å². The van der Waals surface area contributed by atoms with Crippen LogP contribution in [0.5, 0.6) is 5.75 Å². The standard InChI is InChI=1S/C24H24N2O4/c1-15(16-8-9-16)25-23(27)14-30-24(28)20-13-22(17-6-4-3-5-7-17)26-21-11-10-18(29-2)12-19(20)21/h3-7,10-13,15-16H,8-9,14H2,1-2H3,(H,25,27)/t15-/m1/s1. The Bertz CT molecular complexity index is 1080. The summed E-state index contributed by atoms with van der Waals surface area (Å²) >= 11 is 0. The molecule has 1 saturated carbocycles. The number of rotatable bonds is 7. The maximum Gasteiger partial charge on any atom is 0.339 e. The maximum atomic E-state index is 12.9. The molecule has 2 aromatic carbocycles. The highest BCUT2D eigenvalue weighted by atomic mass is 16.5. The van der Waals surface area contributed by atoms with Crippen molar-refractivity contribution in [2.75, 3.05) is 13.7 Å². The van der Waals surface area contributed by atoms with E-state index in [0.29, 0.717) is 33.8 Å². The number of carbonyl (C=O) groups is 2. The number of nitrogens with one attached hydrogen (secondary N) is 1. The molecule has 1 fully saturated rings. The lowest BCUT2D eigenvalue weighted by molar-refractivity contribution is -0.124. The molecule has 30 heavy (non-hydrogen) atoms. The highest BCUT2D eigenvalue weighted by Gasteiger charge is 2.29. The molecule has 4 rings (SSSR count). The van der Waals surface area contributed by atoms with Gasteiger partial charge in [0.05, 0.1) is 23.9 Å². The van der Waals surface area contributed by atoms with Gasteiger partial charge in [0.1, 0.15) is 5.75 Å². The van der Waals surface area contributed by atoms with Crippen molar-refractivity contribution in [2.24, 2.45) is 5.92 Å². The third-order valence-corrected chi connectivity index (χ3v) is 5.36. The average molecular weight is 404 g/mol. The Labute approximate surface area is 175 Å². The maximum absolute atomic E-state index is 12.9. The summed E-state index contributed by atoms with van der Waals surface area (Å²) < 4.78 is 10.6. The van der Waals surface area contributed by atoms with Crippen molar-refractivity contribution in [2.45, 2.75) is 25.8 Å². The molecule has 154 valence electrons. The molecule has 1 N–H and O–H groups in total. The fraction of sp³-hybridized carbons (Fsp3) is 0.292. The minimum Gasteiger partial charge on any atom is -0.497 e. The van der Waals surface area contributed by atoms with Crippen LogP contribution in [0.3, 0.4) is 0 Å². The summed E-state index contributed by atoms with van der Waals surface area (Å²) in [5, 5.41) is 3.51. The van der Waals surface area contributed by atoms with E-state index in [9.17, 15) is 9.59 Å². The Kier molecular flexibility index (Phi) is 5.65. The molecule has 0 aliphatic heterocycles. The van der Waals surface area contributed by atoms with Gasteiger partial charge in [-0.05, 0) is 49.9 Å². The number of methoxy groups -OCH3 is 1. The number of ether oxygens (including phenoxy) is 2. The Hall–Kier alpha value is -3.41. The third kappa shape index (κ3) is 4.43. The molecule has 0 radical (unpaired) electrons. The van der Waals surface area contributed by atoms with Gasteiger partial charge in [-0.1, -0.05) is 30.3 Å². The first kappa shape index (κ1) is 19.9. The smallest absolute Gasteiger partial charge is 0.339 e. The van der Waals surface area contributed by atoms with Crippen molar-refractivity contribution in [3.05, 3.63) is 60.2 Å². The SMILES string of the molecule is COc1ccc2nc(-c3ccccc3)cc(C(=O)OCC(=O)N[C@H](C)C3CC3)c2c1. The van der Waals surface area contributed by atoms with Crippen LogP contribution in [0.15, 0.2) is 54.6 Å². The third-order valence-electron chi connectivity index (χ3n) is 5.36. The van der Waals surface area contributed by atoms with Gasteiger partial charge in [-0.15, -0.1) is 0 Å². The van der Waals surface area contributed by atoms with Gasteiger partial charge >= 0.3 is 5.97 Å². The zero-order valence-corrected chi connectivity index (χ0v) is 17.1. The topological polar surface area (TPSA) is 77.5 Å². The second kappa shape index (κ2) is 8.53. The monoisotopic (exact) mass is 404 g/mol. The Morgan fingerprint density at radius 1 is 1.13 bits per heavy atom. The number of esters is 1. The van der Waals surface area contributed by atoms with E-state index >= 15 is 0 Å². The number of benzene rings is 2. The summed E-state index contributed by atoms with van der Waals surface area (Å²) in [7, 11) is 1.57. The van der Waals surface area contributed by atoms with Crippen LogP contribution in [0.4, 0.5) is 0 Å². The van der Waals surface area contributed by atoms with Crippen molar-refractivity contribution in [3.8, 4) is 17.0 Å². The lowest BCUT2D eigenvalue weighted by Gasteiger charge is -2.14. The molecular formula is C24H24N2O4. The number of hydrogen-bond acceptors (Lipinski definition) is 5. The molecule has 0 spiro atoms. The van der Waals surface area contributed by atoms with Crippen LogP contribution in [0.2, 0.25) is 0 Å². The number of nitrogens with zero attached hydrogens (tertiary/aromatic N) is 1. The highest BCUT2D eigenvalue weighted by Crippen LogP contribution is 2.32. The van der Waals surface area contributed by atoms with Gasteiger partial charge in [-0.2, -0.15) is 0 Å². The van der Waals surface area contributed by atoms with E-state index in [2.05, 4.69) is 10.3 Å². The molecule has 6 heteroatoms. The van der Waals surface area contributed by atoms with Crippen molar-refractivity contribution in [1.29, 1.82) is 0 Å². The molecule has 0 saturated heterocycles. The van der Waals surface area contributed by atoms with Crippen LogP contribution in [-0.2, 0) is 9.53 Å². The molecule has 0 unspecified atom stereocenters. The molecule has 1 aromatic heterocycles. The van der Waals surface area contributed by atoms with Gasteiger partial charge in [-0.3, -0.25) is 4.79 Å². The Morgan fingerprint density at radius 2 is 1.90 bits per heavy atom. The number of carbonyl (C=O) groups excluding carboxylic acids is 2. The quantitative estimate of drug-likeness (QED) is 0.603. The van der Waals surface area contributed by atoms with Gasteiger partial charge in [0, 0.05) is 17.0 Å². The largest absolute Gasteiger partial charge is 0.497 e. The summed E-state index contributed by atoms with van der Waals surface area (Å²) in [5.41, 5.74) is 2.55. The van der Waals surface area contributed by atoms with Crippen LogP contribution >= 0.6 is 0 Å². The predicted octanol–water partition coefficient (Wildman–Crippen LogP) is 3.98. The van der Waals surface area contributed by atoms with Crippen LogP contribution in [0.25, 0.3) is 22.2 Å². The van der Waals surface area contributed by atoms with Crippen LogP contribution in [0.1, 0.15) is 30.1 Å². The lowest BCUT2D eigenvalue weighted by Crippen LogP contribution is -2.37. The van der Waals surface area contributed by atoms with E-state index in [4.69, 9.17) is 9.47 Å². The summed E-state index contributed by atoms with van der Waals surface area (Å²) in [4.78, 5) is 29.7. The van der Waals surface area contributed by atoms with Crippen molar-refractivity contribution in [3.63, 3.8) is 0 Å². The Morgan fingerprint density at radius 3 is 2.60 bits per heavy atom.